The number of aryl methyl sites for hydroxylation is 1. The van der Waals surface area contributed by atoms with Gasteiger partial charge in [-0.2, -0.15) is 0 Å². The van der Waals surface area contributed by atoms with Crippen molar-refractivity contribution in [3.05, 3.63) is 24.0 Å². The molecule has 18 heavy (non-hydrogen) atoms. The third-order valence-electron chi connectivity index (χ3n) is 3.14. The first-order valence-corrected chi connectivity index (χ1v) is 7.84. The molecule has 1 fully saturated rings. The molecule has 100 valence electrons. The van der Waals surface area contributed by atoms with Gasteiger partial charge in [-0.3, -0.25) is 9.71 Å². The number of pyridine rings is 1. The van der Waals surface area contributed by atoms with Crippen LogP contribution >= 0.6 is 0 Å². The van der Waals surface area contributed by atoms with E-state index < -0.39 is 10.0 Å². The lowest BCUT2D eigenvalue weighted by Crippen LogP contribution is -2.35. The summed E-state index contributed by atoms with van der Waals surface area (Å²) in [4.78, 5) is 3.95. The van der Waals surface area contributed by atoms with Crippen LogP contribution in [0.15, 0.2) is 18.5 Å². The molecule has 1 aromatic heterocycles. The third-order valence-corrected chi connectivity index (χ3v) is 4.58. The van der Waals surface area contributed by atoms with Crippen LogP contribution in [0.2, 0.25) is 0 Å². The average Bonchev–Trinajstić information content (AvgIpc) is 2.32. The Bertz CT molecular complexity index is 496. The minimum atomic E-state index is -3.27. The number of rotatable bonds is 4. The zero-order chi connectivity index (χ0) is 13.0. The zero-order valence-corrected chi connectivity index (χ0v) is 11.3. The average molecular weight is 269 g/mol. The molecule has 1 unspecified atom stereocenters. The van der Waals surface area contributed by atoms with Gasteiger partial charge in [0, 0.05) is 12.4 Å². The standard InChI is InChI=1S/C12H19N3O2S/c1-10-7-14-6-4-12(10)15-18(16,17)9-11-3-2-5-13-8-11/h4,6-7,11,13H,2-3,5,8-9H2,1H3,(H,14,15). The molecule has 2 N–H and O–H groups in total. The van der Waals surface area contributed by atoms with Gasteiger partial charge < -0.3 is 5.32 Å². The molecule has 0 radical (unpaired) electrons. The van der Waals surface area contributed by atoms with E-state index in [9.17, 15) is 8.42 Å². The van der Waals surface area contributed by atoms with Crippen molar-refractivity contribution in [3.63, 3.8) is 0 Å². The number of nitrogens with one attached hydrogen (secondary N) is 2. The van der Waals surface area contributed by atoms with Crippen molar-refractivity contribution in [1.82, 2.24) is 10.3 Å². The molecule has 1 atom stereocenters. The van der Waals surface area contributed by atoms with Crippen LogP contribution in [0.25, 0.3) is 0 Å². The van der Waals surface area contributed by atoms with E-state index in [0.29, 0.717) is 5.69 Å². The first-order valence-electron chi connectivity index (χ1n) is 6.19. The van der Waals surface area contributed by atoms with E-state index in [4.69, 9.17) is 0 Å². The molecule has 5 nitrogen and oxygen atoms in total. The van der Waals surface area contributed by atoms with Crippen LogP contribution in [-0.2, 0) is 10.0 Å². The summed E-state index contributed by atoms with van der Waals surface area (Å²) in [5.41, 5.74) is 1.46. The Balaban J connectivity index is 2.01. The van der Waals surface area contributed by atoms with Gasteiger partial charge >= 0.3 is 0 Å². The van der Waals surface area contributed by atoms with Gasteiger partial charge in [-0.25, -0.2) is 8.42 Å². The molecule has 0 aromatic carbocycles. The van der Waals surface area contributed by atoms with Crippen molar-refractivity contribution >= 4 is 15.7 Å². The highest BCUT2D eigenvalue weighted by molar-refractivity contribution is 7.92. The Kier molecular flexibility index (Phi) is 4.19. The molecule has 0 spiro atoms. The van der Waals surface area contributed by atoms with Crippen molar-refractivity contribution in [2.75, 3.05) is 23.6 Å². The van der Waals surface area contributed by atoms with Crippen molar-refractivity contribution in [2.45, 2.75) is 19.8 Å². The van der Waals surface area contributed by atoms with Crippen LogP contribution in [0, 0.1) is 12.8 Å². The highest BCUT2D eigenvalue weighted by Crippen LogP contribution is 2.17. The molecule has 1 aromatic rings. The quantitative estimate of drug-likeness (QED) is 0.859. The van der Waals surface area contributed by atoms with Crippen LogP contribution in [-0.4, -0.2) is 32.2 Å². The first-order chi connectivity index (χ1) is 8.57. The number of sulfonamides is 1. The summed E-state index contributed by atoms with van der Waals surface area (Å²) < 4.78 is 26.8. The van der Waals surface area contributed by atoms with Gasteiger partial charge in [-0.15, -0.1) is 0 Å². The zero-order valence-electron chi connectivity index (χ0n) is 10.5. The molecule has 1 aliphatic rings. The number of piperidine rings is 1. The maximum atomic E-state index is 12.1. The second-order valence-electron chi connectivity index (χ2n) is 4.79. The summed E-state index contributed by atoms with van der Waals surface area (Å²) in [6.45, 7) is 3.62. The van der Waals surface area contributed by atoms with Crippen LogP contribution in [0.1, 0.15) is 18.4 Å². The van der Waals surface area contributed by atoms with E-state index in [-0.39, 0.29) is 11.7 Å². The largest absolute Gasteiger partial charge is 0.316 e. The molecule has 0 amide bonds. The third kappa shape index (κ3) is 3.68. The van der Waals surface area contributed by atoms with E-state index in [1.807, 2.05) is 6.92 Å². The lowest BCUT2D eigenvalue weighted by Gasteiger charge is -2.22. The van der Waals surface area contributed by atoms with E-state index >= 15 is 0 Å². The van der Waals surface area contributed by atoms with Crippen LogP contribution in [0.4, 0.5) is 5.69 Å². The van der Waals surface area contributed by atoms with Crippen molar-refractivity contribution in [3.8, 4) is 0 Å². The number of nitrogens with zero attached hydrogens (tertiary/aromatic N) is 1. The predicted molar refractivity (Wildman–Crippen MR) is 72.0 cm³/mol. The Labute approximate surface area is 108 Å². The molecular weight excluding hydrogens is 250 g/mol. The Hall–Kier alpha value is -1.14. The number of hydrogen-bond donors (Lipinski definition) is 2. The first kappa shape index (κ1) is 13.3. The van der Waals surface area contributed by atoms with Gasteiger partial charge in [-0.05, 0) is 50.4 Å². The van der Waals surface area contributed by atoms with Crippen molar-refractivity contribution in [2.24, 2.45) is 5.92 Å². The maximum Gasteiger partial charge on any atom is 0.233 e. The van der Waals surface area contributed by atoms with E-state index in [1.165, 1.54) is 0 Å². The molecule has 2 heterocycles. The maximum absolute atomic E-state index is 12.1. The lowest BCUT2D eigenvalue weighted by atomic mass is 10.0. The normalized spacial score (nSPS) is 20.6. The summed E-state index contributed by atoms with van der Waals surface area (Å²) in [6.07, 6.45) is 5.27. The molecule has 1 aliphatic heterocycles. The molecule has 1 saturated heterocycles. The molecule has 0 aliphatic carbocycles. The number of aromatic nitrogens is 1. The van der Waals surface area contributed by atoms with Gasteiger partial charge in [0.1, 0.15) is 0 Å². The van der Waals surface area contributed by atoms with E-state index in [1.54, 1.807) is 18.5 Å². The summed E-state index contributed by atoms with van der Waals surface area (Å²) in [5, 5.41) is 3.23. The smallest absolute Gasteiger partial charge is 0.233 e. The SMILES string of the molecule is Cc1cnccc1NS(=O)(=O)CC1CCCNC1. The minimum Gasteiger partial charge on any atom is -0.316 e. The molecule has 0 saturated carbocycles. The van der Waals surface area contributed by atoms with E-state index in [2.05, 4.69) is 15.0 Å². The predicted octanol–water partition coefficient (Wildman–Crippen LogP) is 1.13. The Morgan fingerprint density at radius 3 is 3.06 bits per heavy atom. The summed E-state index contributed by atoms with van der Waals surface area (Å²) in [7, 11) is -3.27. The molecular formula is C12H19N3O2S. The fourth-order valence-electron chi connectivity index (χ4n) is 2.17. The van der Waals surface area contributed by atoms with Gasteiger partial charge in [-0.1, -0.05) is 0 Å². The Morgan fingerprint density at radius 1 is 1.56 bits per heavy atom. The van der Waals surface area contributed by atoms with Crippen LogP contribution < -0.4 is 10.0 Å². The molecule has 2 rings (SSSR count). The summed E-state index contributed by atoms with van der Waals surface area (Å²) >= 11 is 0. The van der Waals surface area contributed by atoms with Gasteiger partial charge in [0.2, 0.25) is 10.0 Å². The van der Waals surface area contributed by atoms with Gasteiger partial charge in [0.25, 0.3) is 0 Å². The van der Waals surface area contributed by atoms with Crippen LogP contribution in [0.3, 0.4) is 0 Å². The second kappa shape index (κ2) is 5.67. The molecule has 0 bridgehead atoms. The fourth-order valence-corrected chi connectivity index (χ4v) is 3.73. The summed E-state index contributed by atoms with van der Waals surface area (Å²) in [5.74, 6) is 0.389. The van der Waals surface area contributed by atoms with E-state index in [0.717, 1.165) is 31.5 Å². The van der Waals surface area contributed by atoms with Gasteiger partial charge in [0.15, 0.2) is 0 Å². The number of anilines is 1. The fraction of sp³-hybridized carbons (Fsp3) is 0.583. The highest BCUT2D eigenvalue weighted by Gasteiger charge is 2.21. The van der Waals surface area contributed by atoms with Gasteiger partial charge in [0.05, 0.1) is 11.4 Å². The Morgan fingerprint density at radius 2 is 2.39 bits per heavy atom. The molecule has 6 heteroatoms. The topological polar surface area (TPSA) is 71.1 Å². The number of hydrogen-bond acceptors (Lipinski definition) is 4. The monoisotopic (exact) mass is 269 g/mol. The second-order valence-corrected chi connectivity index (χ2v) is 6.55. The van der Waals surface area contributed by atoms with Crippen molar-refractivity contribution < 1.29 is 8.42 Å². The summed E-state index contributed by atoms with van der Waals surface area (Å²) in [6, 6.07) is 1.69. The lowest BCUT2D eigenvalue weighted by molar-refractivity contribution is 0.404. The van der Waals surface area contributed by atoms with Crippen LogP contribution in [0.5, 0.6) is 0 Å². The van der Waals surface area contributed by atoms with Crippen molar-refractivity contribution in [1.29, 1.82) is 0 Å². The minimum absolute atomic E-state index is 0.182. The highest BCUT2D eigenvalue weighted by atomic mass is 32.2.